The molecule has 2 rings (SSSR count). The van der Waals surface area contributed by atoms with Crippen molar-refractivity contribution in [1.82, 2.24) is 9.78 Å². The van der Waals surface area contributed by atoms with Crippen molar-refractivity contribution in [3.8, 4) is 17.0 Å². The number of nitrogens with zero attached hydrogens (tertiary/aromatic N) is 2. The van der Waals surface area contributed by atoms with Gasteiger partial charge in [0.05, 0.1) is 11.4 Å². The van der Waals surface area contributed by atoms with E-state index < -0.39 is 0 Å². The molecule has 0 unspecified atom stereocenters. The molecule has 1 aromatic carbocycles. The molecule has 0 aliphatic heterocycles. The molecule has 15 heavy (non-hydrogen) atoms. The number of benzene rings is 1. The number of para-hydroxylation sites is 1. The van der Waals surface area contributed by atoms with E-state index in [9.17, 15) is 5.11 Å². The average Bonchev–Trinajstić information content (AvgIpc) is 2.47. The van der Waals surface area contributed by atoms with Gasteiger partial charge in [0.15, 0.2) is 0 Å². The van der Waals surface area contributed by atoms with Crippen LogP contribution in [0.2, 0.25) is 0 Å². The average molecular weight is 203 g/mol. The van der Waals surface area contributed by atoms with Gasteiger partial charge in [-0.2, -0.15) is 5.10 Å². The Morgan fingerprint density at radius 1 is 1.33 bits per heavy atom. The van der Waals surface area contributed by atoms with E-state index in [2.05, 4.69) is 5.10 Å². The lowest BCUT2D eigenvalue weighted by Crippen LogP contribution is -1.93. The van der Waals surface area contributed by atoms with Gasteiger partial charge in [-0.05, 0) is 19.1 Å². The molecule has 78 valence electrons. The summed E-state index contributed by atoms with van der Waals surface area (Å²) in [6.07, 6.45) is 0. The highest BCUT2D eigenvalue weighted by Gasteiger charge is 2.13. The van der Waals surface area contributed by atoms with Gasteiger partial charge in [-0.15, -0.1) is 0 Å². The fraction of sp³-hybridized carbons (Fsp3) is 0.182. The monoisotopic (exact) mass is 203 g/mol. The molecule has 0 radical (unpaired) electrons. The van der Waals surface area contributed by atoms with Crippen molar-refractivity contribution in [2.45, 2.75) is 6.92 Å². The second-order valence-corrected chi connectivity index (χ2v) is 3.49. The molecule has 0 saturated carbocycles. The fourth-order valence-electron chi connectivity index (χ4n) is 1.50. The minimum Gasteiger partial charge on any atom is -0.507 e. The van der Waals surface area contributed by atoms with Gasteiger partial charge >= 0.3 is 0 Å². The number of aryl methyl sites for hydroxylation is 1. The lowest BCUT2D eigenvalue weighted by molar-refractivity contribution is 0.477. The Morgan fingerprint density at radius 3 is 2.53 bits per heavy atom. The Bertz CT molecular complexity index is 503. The molecule has 0 spiro atoms. The van der Waals surface area contributed by atoms with Crippen molar-refractivity contribution >= 4 is 5.69 Å². The molecule has 0 fully saturated rings. The number of nitrogen functional groups attached to an aromatic ring is 1. The zero-order valence-electron chi connectivity index (χ0n) is 8.73. The first-order valence-electron chi connectivity index (χ1n) is 4.68. The lowest BCUT2D eigenvalue weighted by atomic mass is 10.1. The number of rotatable bonds is 1. The van der Waals surface area contributed by atoms with Crippen LogP contribution in [0.25, 0.3) is 11.3 Å². The summed E-state index contributed by atoms with van der Waals surface area (Å²) in [5.41, 5.74) is 8.71. The van der Waals surface area contributed by atoms with E-state index in [1.54, 1.807) is 22.9 Å². The molecule has 4 nitrogen and oxygen atoms in total. The molecule has 0 saturated heterocycles. The van der Waals surface area contributed by atoms with Gasteiger partial charge in [0.2, 0.25) is 0 Å². The predicted molar refractivity (Wildman–Crippen MR) is 59.5 cm³/mol. The Kier molecular flexibility index (Phi) is 2.11. The summed E-state index contributed by atoms with van der Waals surface area (Å²) in [6, 6.07) is 7.04. The molecule has 0 amide bonds. The van der Waals surface area contributed by atoms with Crippen LogP contribution in [-0.2, 0) is 7.05 Å². The Morgan fingerprint density at radius 2 is 2.00 bits per heavy atom. The highest BCUT2D eigenvalue weighted by molar-refractivity contribution is 5.78. The Balaban J connectivity index is 2.65. The minimum atomic E-state index is 0.197. The van der Waals surface area contributed by atoms with Gasteiger partial charge in [0.1, 0.15) is 11.4 Å². The SMILES string of the molecule is Cc1c(N)c(-c2ccccc2O)nn1C. The summed E-state index contributed by atoms with van der Waals surface area (Å²) >= 11 is 0. The van der Waals surface area contributed by atoms with E-state index in [-0.39, 0.29) is 5.75 Å². The highest BCUT2D eigenvalue weighted by atomic mass is 16.3. The molecule has 1 aromatic heterocycles. The van der Waals surface area contributed by atoms with Crippen molar-refractivity contribution in [3.05, 3.63) is 30.0 Å². The highest BCUT2D eigenvalue weighted by Crippen LogP contribution is 2.32. The third-order valence-electron chi connectivity index (χ3n) is 2.54. The largest absolute Gasteiger partial charge is 0.507 e. The van der Waals surface area contributed by atoms with Crippen LogP contribution in [0.5, 0.6) is 5.75 Å². The zero-order valence-corrected chi connectivity index (χ0v) is 8.73. The van der Waals surface area contributed by atoms with E-state index in [1.807, 2.05) is 20.0 Å². The number of hydrogen-bond acceptors (Lipinski definition) is 3. The molecule has 1 heterocycles. The second-order valence-electron chi connectivity index (χ2n) is 3.49. The number of anilines is 1. The number of phenolic OH excluding ortho intramolecular Hbond substituents is 1. The van der Waals surface area contributed by atoms with E-state index in [0.717, 1.165) is 5.69 Å². The number of aromatic nitrogens is 2. The van der Waals surface area contributed by atoms with Crippen LogP contribution in [0.3, 0.4) is 0 Å². The smallest absolute Gasteiger partial charge is 0.125 e. The Labute approximate surface area is 88.0 Å². The normalized spacial score (nSPS) is 10.5. The fourth-order valence-corrected chi connectivity index (χ4v) is 1.50. The summed E-state index contributed by atoms with van der Waals surface area (Å²) in [4.78, 5) is 0. The van der Waals surface area contributed by atoms with E-state index in [0.29, 0.717) is 16.9 Å². The third-order valence-corrected chi connectivity index (χ3v) is 2.54. The summed E-state index contributed by atoms with van der Waals surface area (Å²) in [6.45, 7) is 1.89. The molecule has 4 heteroatoms. The molecular formula is C11H13N3O. The van der Waals surface area contributed by atoms with Crippen LogP contribution >= 0.6 is 0 Å². The summed E-state index contributed by atoms with van der Waals surface area (Å²) in [5, 5.41) is 14.0. The maximum Gasteiger partial charge on any atom is 0.125 e. The topological polar surface area (TPSA) is 64.1 Å². The van der Waals surface area contributed by atoms with Crippen LogP contribution in [0, 0.1) is 6.92 Å². The predicted octanol–water partition coefficient (Wildman–Crippen LogP) is 1.68. The number of hydrogen-bond donors (Lipinski definition) is 2. The standard InChI is InChI=1S/C11H13N3O/c1-7-10(12)11(13-14(7)2)8-5-3-4-6-9(8)15/h3-6,15H,12H2,1-2H3. The minimum absolute atomic E-state index is 0.197. The molecule has 0 atom stereocenters. The van der Waals surface area contributed by atoms with Gasteiger partial charge < -0.3 is 10.8 Å². The van der Waals surface area contributed by atoms with Gasteiger partial charge in [-0.25, -0.2) is 0 Å². The summed E-state index contributed by atoms with van der Waals surface area (Å²) < 4.78 is 1.71. The van der Waals surface area contributed by atoms with Crippen molar-refractivity contribution in [1.29, 1.82) is 0 Å². The van der Waals surface area contributed by atoms with Crippen molar-refractivity contribution in [3.63, 3.8) is 0 Å². The maximum atomic E-state index is 9.68. The number of aromatic hydroxyl groups is 1. The van der Waals surface area contributed by atoms with Crippen LogP contribution in [0.4, 0.5) is 5.69 Å². The van der Waals surface area contributed by atoms with Crippen molar-refractivity contribution < 1.29 is 5.11 Å². The van der Waals surface area contributed by atoms with Gasteiger partial charge in [-0.1, -0.05) is 12.1 Å². The van der Waals surface area contributed by atoms with E-state index >= 15 is 0 Å². The first kappa shape index (κ1) is 9.58. The van der Waals surface area contributed by atoms with Gasteiger partial charge in [-0.3, -0.25) is 4.68 Å². The lowest BCUT2D eigenvalue weighted by Gasteiger charge is -2.01. The molecule has 0 aliphatic rings. The quantitative estimate of drug-likeness (QED) is 0.741. The summed E-state index contributed by atoms with van der Waals surface area (Å²) in [7, 11) is 1.83. The molecule has 2 aromatic rings. The number of phenols is 1. The van der Waals surface area contributed by atoms with Gasteiger partial charge in [0.25, 0.3) is 0 Å². The van der Waals surface area contributed by atoms with Crippen molar-refractivity contribution in [2.75, 3.05) is 5.73 Å². The van der Waals surface area contributed by atoms with Crippen LogP contribution in [0.1, 0.15) is 5.69 Å². The Hall–Kier alpha value is -1.97. The van der Waals surface area contributed by atoms with Gasteiger partial charge in [0, 0.05) is 12.6 Å². The second kappa shape index (κ2) is 3.31. The van der Waals surface area contributed by atoms with Crippen LogP contribution < -0.4 is 5.73 Å². The molecule has 0 bridgehead atoms. The summed E-state index contributed by atoms with van der Waals surface area (Å²) in [5.74, 6) is 0.197. The number of nitrogens with two attached hydrogens (primary N) is 1. The molecule has 0 aliphatic carbocycles. The zero-order chi connectivity index (χ0) is 11.0. The maximum absolute atomic E-state index is 9.68. The first-order chi connectivity index (χ1) is 7.11. The first-order valence-corrected chi connectivity index (χ1v) is 4.68. The van der Waals surface area contributed by atoms with E-state index in [1.165, 1.54) is 0 Å². The van der Waals surface area contributed by atoms with Crippen LogP contribution in [0.15, 0.2) is 24.3 Å². The van der Waals surface area contributed by atoms with Crippen molar-refractivity contribution in [2.24, 2.45) is 7.05 Å². The van der Waals surface area contributed by atoms with E-state index in [4.69, 9.17) is 5.73 Å². The molecular weight excluding hydrogens is 190 g/mol. The third kappa shape index (κ3) is 1.44. The van der Waals surface area contributed by atoms with Crippen LogP contribution in [-0.4, -0.2) is 14.9 Å². The molecule has 3 N–H and O–H groups in total.